The average molecular weight is 381 g/mol. The molecule has 0 aliphatic rings. The van der Waals surface area contributed by atoms with Crippen LogP contribution in [0, 0.1) is 11.8 Å². The monoisotopic (exact) mass is 378 g/mol. The van der Waals surface area contributed by atoms with Gasteiger partial charge in [0, 0.05) is 0 Å². The van der Waals surface area contributed by atoms with E-state index in [2.05, 4.69) is 0 Å². The van der Waals surface area contributed by atoms with E-state index < -0.39 is 7.59 Å². The van der Waals surface area contributed by atoms with Crippen molar-refractivity contribution in [2.45, 2.75) is 45.8 Å². The first-order chi connectivity index (χ1) is 7.37. The van der Waals surface area contributed by atoms with E-state index in [1.807, 2.05) is 27.7 Å². The fourth-order valence-corrected chi connectivity index (χ4v) is 5.07. The Morgan fingerprint density at radius 2 is 0.882 bits per heavy atom. The van der Waals surface area contributed by atoms with Crippen LogP contribution < -0.4 is 0 Å². The van der Waals surface area contributed by atoms with Gasteiger partial charge in [-0.2, -0.15) is 0 Å². The van der Waals surface area contributed by atoms with Crippen LogP contribution >= 0.6 is 81.4 Å². The molecule has 0 aromatic rings. The van der Waals surface area contributed by atoms with Gasteiger partial charge in [-0.1, -0.05) is 97.3 Å². The van der Waals surface area contributed by atoms with E-state index >= 15 is 0 Å². The molecule has 0 aliphatic heterocycles. The minimum absolute atomic E-state index is 0.168. The van der Waals surface area contributed by atoms with Crippen LogP contribution in [0.2, 0.25) is 0 Å². The van der Waals surface area contributed by atoms with E-state index in [1.54, 1.807) is 0 Å². The molecular weight excluding hydrogens is 365 g/mol. The van der Waals surface area contributed by atoms with Gasteiger partial charge in [-0.25, -0.2) is 0 Å². The maximum Gasteiger partial charge on any atom is 0.202 e. The van der Waals surface area contributed by atoms with Gasteiger partial charge in [0.25, 0.3) is 0 Å². The second-order valence-electron chi connectivity index (χ2n) is 4.55. The molecule has 2 atom stereocenters. The van der Waals surface area contributed by atoms with Gasteiger partial charge in [-0.3, -0.25) is 0 Å². The summed E-state index contributed by atoms with van der Waals surface area (Å²) in [6, 6.07) is 0. The van der Waals surface area contributed by atoms with Crippen molar-refractivity contribution >= 4 is 81.4 Å². The SMILES string of the molecule is CC(C)C(SC(C(C)C)C(Cl)(Cl)Cl)C(Cl)(Cl)Cl. The Bertz CT molecular complexity index is 206. The first-order valence-corrected chi connectivity index (χ1v) is 8.37. The third kappa shape index (κ3) is 6.88. The van der Waals surface area contributed by atoms with Crippen molar-refractivity contribution in [3.63, 3.8) is 0 Å². The van der Waals surface area contributed by atoms with Gasteiger partial charge in [-0.05, 0) is 11.8 Å². The Kier molecular flexibility index (Phi) is 8.08. The third-order valence-corrected chi connectivity index (χ3v) is 6.72. The molecular formula is C10H16Cl6S. The van der Waals surface area contributed by atoms with Crippen molar-refractivity contribution in [2.24, 2.45) is 11.8 Å². The number of rotatable bonds is 4. The van der Waals surface area contributed by atoms with Gasteiger partial charge in [0.1, 0.15) is 0 Å². The lowest BCUT2D eigenvalue weighted by molar-refractivity contribution is 0.582. The topological polar surface area (TPSA) is 0 Å². The van der Waals surface area contributed by atoms with Crippen molar-refractivity contribution in [1.82, 2.24) is 0 Å². The van der Waals surface area contributed by atoms with Gasteiger partial charge in [0.05, 0.1) is 10.5 Å². The van der Waals surface area contributed by atoms with Crippen LogP contribution in [0.25, 0.3) is 0 Å². The van der Waals surface area contributed by atoms with Crippen molar-refractivity contribution in [2.75, 3.05) is 0 Å². The number of halogens is 6. The minimum atomic E-state index is -1.37. The lowest BCUT2D eigenvalue weighted by Gasteiger charge is -2.35. The Balaban J connectivity index is 4.96. The molecule has 0 saturated heterocycles. The van der Waals surface area contributed by atoms with Gasteiger partial charge in [-0.15, -0.1) is 11.8 Å². The quantitative estimate of drug-likeness (QED) is 0.501. The molecule has 104 valence electrons. The lowest BCUT2D eigenvalue weighted by Crippen LogP contribution is -2.36. The van der Waals surface area contributed by atoms with Crippen molar-refractivity contribution < 1.29 is 0 Å². The molecule has 0 saturated carbocycles. The molecule has 0 aromatic heterocycles. The van der Waals surface area contributed by atoms with Crippen molar-refractivity contribution in [1.29, 1.82) is 0 Å². The molecule has 0 spiro atoms. The van der Waals surface area contributed by atoms with E-state index in [-0.39, 0.29) is 22.3 Å². The summed E-state index contributed by atoms with van der Waals surface area (Å²) in [5.74, 6) is 0.335. The zero-order chi connectivity index (χ0) is 14.0. The Morgan fingerprint density at radius 3 is 1.00 bits per heavy atom. The molecule has 0 rings (SSSR count). The van der Waals surface area contributed by atoms with Crippen LogP contribution in [-0.2, 0) is 0 Å². The highest BCUT2D eigenvalue weighted by Crippen LogP contribution is 2.49. The summed E-state index contributed by atoms with van der Waals surface area (Å²) >= 11 is 37.3. The number of thioether (sulfide) groups is 1. The Hall–Kier alpha value is 2.09. The molecule has 0 N–H and O–H groups in total. The van der Waals surface area contributed by atoms with E-state index in [1.165, 1.54) is 11.8 Å². The highest BCUT2D eigenvalue weighted by molar-refractivity contribution is 8.01. The van der Waals surface area contributed by atoms with Crippen LogP contribution in [0.3, 0.4) is 0 Å². The van der Waals surface area contributed by atoms with Gasteiger partial charge >= 0.3 is 0 Å². The molecule has 0 nitrogen and oxygen atoms in total. The lowest BCUT2D eigenvalue weighted by atomic mass is 10.1. The van der Waals surface area contributed by atoms with Gasteiger partial charge in [0.2, 0.25) is 7.59 Å². The van der Waals surface area contributed by atoms with E-state index in [0.717, 1.165) is 0 Å². The molecule has 0 fully saturated rings. The predicted octanol–water partition coefficient (Wildman–Crippen LogP) is 6.51. The molecule has 7 heteroatoms. The molecule has 17 heavy (non-hydrogen) atoms. The minimum Gasteiger partial charge on any atom is -0.146 e. The summed E-state index contributed by atoms with van der Waals surface area (Å²) < 4.78 is -2.75. The summed E-state index contributed by atoms with van der Waals surface area (Å²) in [5.41, 5.74) is 0. The van der Waals surface area contributed by atoms with E-state index in [4.69, 9.17) is 69.6 Å². The first kappa shape index (κ1) is 19.1. The summed E-state index contributed by atoms with van der Waals surface area (Å²) in [7, 11) is 0. The Labute approximate surface area is 138 Å². The molecule has 0 heterocycles. The molecule has 2 unspecified atom stereocenters. The fraction of sp³-hybridized carbons (Fsp3) is 1.00. The summed E-state index contributed by atoms with van der Waals surface area (Å²) in [6.07, 6.45) is 0. The second kappa shape index (κ2) is 7.20. The van der Waals surface area contributed by atoms with Crippen LogP contribution in [0.4, 0.5) is 0 Å². The van der Waals surface area contributed by atoms with Crippen LogP contribution in [-0.4, -0.2) is 18.1 Å². The smallest absolute Gasteiger partial charge is 0.146 e. The average Bonchev–Trinajstić information content (AvgIpc) is 1.96. The largest absolute Gasteiger partial charge is 0.202 e. The zero-order valence-electron chi connectivity index (χ0n) is 9.99. The summed E-state index contributed by atoms with van der Waals surface area (Å²) in [6.45, 7) is 7.93. The first-order valence-electron chi connectivity index (χ1n) is 5.16. The maximum absolute atomic E-state index is 5.97. The second-order valence-corrected chi connectivity index (χ2v) is 10.6. The molecule has 0 radical (unpaired) electrons. The maximum atomic E-state index is 5.97. The Morgan fingerprint density at radius 1 is 0.647 bits per heavy atom. The highest BCUT2D eigenvalue weighted by Gasteiger charge is 2.43. The summed E-state index contributed by atoms with van der Waals surface area (Å²) in [4.78, 5) is 0. The molecule has 0 bridgehead atoms. The molecule has 0 aromatic carbocycles. The normalized spacial score (nSPS) is 17.6. The van der Waals surface area contributed by atoms with Gasteiger partial charge < -0.3 is 0 Å². The van der Waals surface area contributed by atoms with E-state index in [9.17, 15) is 0 Å². The number of hydrogen-bond acceptors (Lipinski definition) is 1. The third-order valence-electron chi connectivity index (χ3n) is 2.15. The van der Waals surface area contributed by atoms with Crippen molar-refractivity contribution in [3.05, 3.63) is 0 Å². The summed E-state index contributed by atoms with van der Waals surface area (Å²) in [5, 5.41) is -0.453. The number of hydrogen-bond donors (Lipinski definition) is 0. The highest BCUT2D eigenvalue weighted by atomic mass is 35.6. The van der Waals surface area contributed by atoms with Crippen LogP contribution in [0.5, 0.6) is 0 Å². The van der Waals surface area contributed by atoms with E-state index in [0.29, 0.717) is 0 Å². The van der Waals surface area contributed by atoms with Gasteiger partial charge in [0.15, 0.2) is 0 Å². The predicted molar refractivity (Wildman–Crippen MR) is 85.4 cm³/mol. The zero-order valence-corrected chi connectivity index (χ0v) is 15.3. The standard InChI is InChI=1S/C10H16Cl6S/c1-5(2)7(9(11,12)13)17-8(6(3)4)10(14,15)16/h5-8H,1-4H3. The molecule has 0 aliphatic carbocycles. The molecule has 0 amide bonds. The van der Waals surface area contributed by atoms with Crippen molar-refractivity contribution in [3.8, 4) is 0 Å². The van der Waals surface area contributed by atoms with Crippen LogP contribution in [0.1, 0.15) is 27.7 Å². The number of alkyl halides is 6. The fourth-order valence-electron chi connectivity index (χ4n) is 1.38. The van der Waals surface area contributed by atoms with Crippen LogP contribution in [0.15, 0.2) is 0 Å².